The summed E-state index contributed by atoms with van der Waals surface area (Å²) < 4.78 is 39.2. The molecule has 10 heteroatoms. The maximum atomic E-state index is 12.2. The van der Waals surface area contributed by atoms with Crippen LogP contribution >= 0.6 is 0 Å². The monoisotopic (exact) mass is 449 g/mol. The van der Waals surface area contributed by atoms with Gasteiger partial charge in [-0.25, -0.2) is 13.2 Å². The number of aromatic hydroxyl groups is 1. The molecule has 0 amide bonds. The van der Waals surface area contributed by atoms with Gasteiger partial charge in [0.1, 0.15) is 0 Å². The molecule has 0 heterocycles. The largest absolute Gasteiger partial charge is 0.502 e. The van der Waals surface area contributed by atoms with Crippen LogP contribution in [0.1, 0.15) is 15.9 Å². The minimum Gasteiger partial charge on any atom is -0.502 e. The lowest BCUT2D eigenvalue weighted by atomic mass is 10.1. The van der Waals surface area contributed by atoms with Crippen LogP contribution in [-0.2, 0) is 19.6 Å². The first-order valence-electron chi connectivity index (χ1n) is 8.93. The number of hydrogen-bond donors (Lipinski definition) is 1. The van der Waals surface area contributed by atoms with Gasteiger partial charge in [0.25, 0.3) is 0 Å². The summed E-state index contributed by atoms with van der Waals surface area (Å²) in [4.78, 5) is 24.1. The SMILES string of the molecule is COc1cc(/C=C/C(=O)OCC(=O)c2ccc(N(C)S(C)(=O)=O)cc2)cc(OC)c1O. The minimum absolute atomic E-state index is 0.163. The Bertz CT molecular complexity index is 1070. The molecule has 2 aromatic rings. The predicted octanol–water partition coefficient (Wildman–Crippen LogP) is 2.24. The van der Waals surface area contributed by atoms with Crippen molar-refractivity contribution in [2.24, 2.45) is 0 Å². The van der Waals surface area contributed by atoms with Gasteiger partial charge in [-0.2, -0.15) is 0 Å². The summed E-state index contributed by atoms with van der Waals surface area (Å²) in [5, 5.41) is 9.90. The first-order valence-corrected chi connectivity index (χ1v) is 10.8. The van der Waals surface area contributed by atoms with E-state index < -0.39 is 28.4 Å². The summed E-state index contributed by atoms with van der Waals surface area (Å²) in [6, 6.07) is 8.89. The number of benzene rings is 2. The van der Waals surface area contributed by atoms with Gasteiger partial charge in [-0.1, -0.05) is 0 Å². The number of nitrogens with zero attached hydrogens (tertiary/aromatic N) is 1. The van der Waals surface area contributed by atoms with Crippen LogP contribution in [0.4, 0.5) is 5.69 Å². The molecule has 166 valence electrons. The number of methoxy groups -OCH3 is 2. The van der Waals surface area contributed by atoms with E-state index in [0.717, 1.165) is 16.6 Å². The fourth-order valence-electron chi connectivity index (χ4n) is 2.49. The highest BCUT2D eigenvalue weighted by Crippen LogP contribution is 2.37. The zero-order valence-corrected chi connectivity index (χ0v) is 18.3. The average Bonchev–Trinajstić information content (AvgIpc) is 2.75. The molecule has 31 heavy (non-hydrogen) atoms. The van der Waals surface area contributed by atoms with E-state index >= 15 is 0 Å². The third-order valence-electron chi connectivity index (χ3n) is 4.31. The number of phenols is 1. The van der Waals surface area contributed by atoms with Crippen LogP contribution in [0.25, 0.3) is 6.08 Å². The van der Waals surface area contributed by atoms with Crippen LogP contribution in [0.3, 0.4) is 0 Å². The number of anilines is 1. The van der Waals surface area contributed by atoms with E-state index in [1.54, 1.807) is 0 Å². The number of ketones is 1. The van der Waals surface area contributed by atoms with Crippen LogP contribution in [0.5, 0.6) is 17.2 Å². The Kier molecular flexibility index (Phi) is 7.65. The molecule has 2 rings (SSSR count). The highest BCUT2D eigenvalue weighted by Gasteiger charge is 2.14. The van der Waals surface area contributed by atoms with Crippen molar-refractivity contribution >= 4 is 33.5 Å². The zero-order chi connectivity index (χ0) is 23.2. The molecule has 0 unspecified atom stereocenters. The van der Waals surface area contributed by atoms with Gasteiger partial charge in [0.05, 0.1) is 26.2 Å². The van der Waals surface area contributed by atoms with Gasteiger partial charge in [0, 0.05) is 18.7 Å². The second-order valence-electron chi connectivity index (χ2n) is 6.42. The molecule has 2 aromatic carbocycles. The predicted molar refractivity (Wildman–Crippen MR) is 115 cm³/mol. The lowest BCUT2D eigenvalue weighted by Gasteiger charge is -2.16. The van der Waals surface area contributed by atoms with Crippen molar-refractivity contribution in [1.82, 2.24) is 0 Å². The van der Waals surface area contributed by atoms with Crippen LogP contribution in [0.15, 0.2) is 42.5 Å². The zero-order valence-electron chi connectivity index (χ0n) is 17.5. The second-order valence-corrected chi connectivity index (χ2v) is 8.43. The normalized spacial score (nSPS) is 11.2. The summed E-state index contributed by atoms with van der Waals surface area (Å²) in [6.45, 7) is -0.480. The minimum atomic E-state index is -3.41. The Morgan fingerprint density at radius 2 is 1.61 bits per heavy atom. The van der Waals surface area contributed by atoms with Crippen LogP contribution < -0.4 is 13.8 Å². The molecule has 0 bridgehead atoms. The molecule has 0 spiro atoms. The number of esters is 1. The Morgan fingerprint density at radius 1 is 1.06 bits per heavy atom. The van der Waals surface area contributed by atoms with Crippen molar-refractivity contribution in [2.75, 3.05) is 38.4 Å². The third-order valence-corrected chi connectivity index (χ3v) is 5.52. The van der Waals surface area contributed by atoms with E-state index in [0.29, 0.717) is 11.3 Å². The number of carbonyl (C=O) groups excluding carboxylic acids is 2. The van der Waals surface area contributed by atoms with Crippen molar-refractivity contribution in [3.63, 3.8) is 0 Å². The van der Waals surface area contributed by atoms with Crippen molar-refractivity contribution < 1.29 is 37.3 Å². The van der Waals surface area contributed by atoms with Crippen molar-refractivity contribution in [3.05, 3.63) is 53.6 Å². The molecule has 0 aliphatic rings. The Balaban J connectivity index is 1.99. The lowest BCUT2D eigenvalue weighted by molar-refractivity contribution is -0.136. The van der Waals surface area contributed by atoms with Gasteiger partial charge >= 0.3 is 5.97 Å². The Hall–Kier alpha value is -3.53. The average molecular weight is 449 g/mol. The van der Waals surface area contributed by atoms with Crippen LogP contribution in [-0.4, -0.2) is 59.4 Å². The molecule has 0 aromatic heterocycles. The maximum Gasteiger partial charge on any atom is 0.331 e. The Labute approximate surface area is 180 Å². The molecule has 9 nitrogen and oxygen atoms in total. The molecule has 0 radical (unpaired) electrons. The van der Waals surface area contributed by atoms with E-state index in [1.807, 2.05) is 0 Å². The molecule has 0 aliphatic carbocycles. The van der Waals surface area contributed by atoms with Crippen LogP contribution in [0.2, 0.25) is 0 Å². The second kappa shape index (κ2) is 9.98. The number of ether oxygens (including phenoxy) is 3. The van der Waals surface area contributed by atoms with Gasteiger partial charge in [-0.15, -0.1) is 0 Å². The van der Waals surface area contributed by atoms with Gasteiger partial charge in [0.15, 0.2) is 23.9 Å². The molecule has 1 N–H and O–H groups in total. The quantitative estimate of drug-likeness (QED) is 0.352. The number of phenolic OH excluding ortho intramolecular Hbond substituents is 1. The summed E-state index contributed by atoms with van der Waals surface area (Å²) >= 11 is 0. The van der Waals surface area contributed by atoms with Gasteiger partial charge < -0.3 is 19.3 Å². The highest BCUT2D eigenvalue weighted by atomic mass is 32.2. The molecule has 0 saturated heterocycles. The van der Waals surface area contributed by atoms with Gasteiger partial charge in [-0.05, 0) is 48.0 Å². The molecule has 0 atom stereocenters. The first kappa shape index (κ1) is 23.7. The third kappa shape index (κ3) is 6.22. The van der Waals surface area contributed by atoms with Crippen LogP contribution in [0, 0.1) is 0 Å². The fraction of sp³-hybridized carbons (Fsp3) is 0.238. The molecule has 0 saturated carbocycles. The summed E-state index contributed by atoms with van der Waals surface area (Å²) in [7, 11) is 0.758. The lowest BCUT2D eigenvalue weighted by Crippen LogP contribution is -2.24. The van der Waals surface area contributed by atoms with Gasteiger partial charge in [-0.3, -0.25) is 9.10 Å². The summed E-state index contributed by atoms with van der Waals surface area (Å²) in [6.07, 6.45) is 3.62. The molecular formula is C21H23NO8S. The summed E-state index contributed by atoms with van der Waals surface area (Å²) in [5.41, 5.74) is 1.19. The molecule has 0 aliphatic heterocycles. The number of rotatable bonds is 9. The number of sulfonamides is 1. The van der Waals surface area contributed by atoms with E-state index in [2.05, 4.69) is 0 Å². The number of Topliss-reactive ketones (excluding diaryl/α,β-unsaturated/α-hetero) is 1. The fourth-order valence-corrected chi connectivity index (χ4v) is 3.00. The smallest absolute Gasteiger partial charge is 0.331 e. The molecular weight excluding hydrogens is 426 g/mol. The van der Waals surface area contributed by atoms with Crippen molar-refractivity contribution in [2.45, 2.75) is 0 Å². The number of hydrogen-bond acceptors (Lipinski definition) is 8. The first-order chi connectivity index (χ1) is 14.6. The van der Waals surface area contributed by atoms with Crippen molar-refractivity contribution in [3.8, 4) is 17.2 Å². The standard InChI is InChI=1S/C21H23NO8S/c1-22(31(4,26)27)16-8-6-15(7-9-16)17(23)13-30-20(24)10-5-14-11-18(28-2)21(25)19(12-14)29-3/h5-12,25H,13H2,1-4H3/b10-5+. The topological polar surface area (TPSA) is 119 Å². The summed E-state index contributed by atoms with van der Waals surface area (Å²) in [5.74, 6) is -1.000. The highest BCUT2D eigenvalue weighted by molar-refractivity contribution is 7.92. The molecule has 0 fully saturated rings. The Morgan fingerprint density at radius 3 is 2.10 bits per heavy atom. The number of carbonyl (C=O) groups is 2. The maximum absolute atomic E-state index is 12.2. The van der Waals surface area contributed by atoms with Gasteiger partial charge in [0.2, 0.25) is 15.8 Å². The van der Waals surface area contributed by atoms with E-state index in [-0.39, 0.29) is 22.8 Å². The van der Waals surface area contributed by atoms with Crippen molar-refractivity contribution in [1.29, 1.82) is 0 Å². The van der Waals surface area contributed by atoms with E-state index in [9.17, 15) is 23.1 Å². The van der Waals surface area contributed by atoms with E-state index in [1.165, 1.54) is 63.7 Å². The van der Waals surface area contributed by atoms with E-state index in [4.69, 9.17) is 14.2 Å².